The number of anilines is 1. The lowest BCUT2D eigenvalue weighted by atomic mass is 10.0. The predicted octanol–water partition coefficient (Wildman–Crippen LogP) is 3.20. The van der Waals surface area contributed by atoms with Gasteiger partial charge < -0.3 is 14.9 Å². The van der Waals surface area contributed by atoms with E-state index in [0.29, 0.717) is 19.1 Å². The lowest BCUT2D eigenvalue weighted by Crippen LogP contribution is -2.46. The number of amides is 1. The smallest absolute Gasteiger partial charge is 0.407 e. The first-order chi connectivity index (χ1) is 10.7. The molecule has 0 unspecified atom stereocenters. The molecule has 2 aromatic rings. The molecule has 1 aliphatic heterocycles. The van der Waals surface area contributed by atoms with Crippen LogP contribution in [0.3, 0.4) is 0 Å². The Bertz CT molecular complexity index is 666. The van der Waals surface area contributed by atoms with E-state index in [2.05, 4.69) is 41.1 Å². The highest BCUT2D eigenvalue weighted by Gasteiger charge is 2.26. The summed E-state index contributed by atoms with van der Waals surface area (Å²) >= 11 is 0. The summed E-state index contributed by atoms with van der Waals surface area (Å²) in [6.07, 6.45) is 2.76. The Kier molecular flexibility index (Phi) is 4.13. The minimum atomic E-state index is -0.807. The topological polar surface area (TPSA) is 56.7 Å². The quantitative estimate of drug-likeness (QED) is 0.945. The highest BCUT2D eigenvalue weighted by atomic mass is 16.4. The van der Waals surface area contributed by atoms with Gasteiger partial charge in [-0.05, 0) is 44.0 Å². The molecule has 5 heteroatoms. The number of hydrogen-bond donors (Lipinski definition) is 1. The lowest BCUT2D eigenvalue weighted by molar-refractivity contribution is 0.131. The van der Waals surface area contributed by atoms with Crippen LogP contribution in [0.25, 0.3) is 10.9 Å². The maximum atomic E-state index is 11.0. The van der Waals surface area contributed by atoms with Crippen LogP contribution in [0.15, 0.2) is 36.5 Å². The van der Waals surface area contributed by atoms with Gasteiger partial charge in [-0.2, -0.15) is 0 Å². The number of aromatic nitrogens is 1. The molecule has 0 saturated carbocycles. The van der Waals surface area contributed by atoms with E-state index >= 15 is 0 Å². The fourth-order valence-electron chi connectivity index (χ4n) is 3.26. The molecule has 1 N–H and O–H groups in total. The summed E-state index contributed by atoms with van der Waals surface area (Å²) < 4.78 is 0. The monoisotopic (exact) mass is 299 g/mol. The van der Waals surface area contributed by atoms with Crippen molar-refractivity contribution in [1.29, 1.82) is 0 Å². The van der Waals surface area contributed by atoms with Crippen LogP contribution < -0.4 is 4.90 Å². The predicted molar refractivity (Wildman–Crippen MR) is 87.4 cm³/mol. The van der Waals surface area contributed by atoms with E-state index < -0.39 is 6.09 Å². The van der Waals surface area contributed by atoms with Gasteiger partial charge in [-0.25, -0.2) is 4.79 Å². The van der Waals surface area contributed by atoms with Gasteiger partial charge in [-0.1, -0.05) is 6.07 Å². The number of carbonyl (C=O) groups is 1. The van der Waals surface area contributed by atoms with E-state index in [1.807, 2.05) is 6.07 Å². The maximum Gasteiger partial charge on any atom is 0.407 e. The van der Waals surface area contributed by atoms with Crippen LogP contribution in [0.1, 0.15) is 19.8 Å². The molecule has 22 heavy (non-hydrogen) atoms. The number of pyridine rings is 1. The number of piperidine rings is 1. The Morgan fingerprint density at radius 3 is 2.82 bits per heavy atom. The van der Waals surface area contributed by atoms with Crippen molar-refractivity contribution in [3.05, 3.63) is 36.5 Å². The van der Waals surface area contributed by atoms with Gasteiger partial charge in [0.05, 0.1) is 5.52 Å². The zero-order valence-corrected chi connectivity index (χ0v) is 12.8. The second kappa shape index (κ2) is 6.22. The SMILES string of the molecule is CCN(c1ccc2ncccc2c1)C1CCN(C(=O)O)CC1. The van der Waals surface area contributed by atoms with Gasteiger partial charge in [-0.15, -0.1) is 0 Å². The standard InChI is InChI=1S/C17H21N3O2/c1-2-20(14-7-10-19(11-8-14)17(21)22)15-5-6-16-13(12-15)4-3-9-18-16/h3-6,9,12,14H,2,7-8,10-11H2,1H3,(H,21,22). The summed E-state index contributed by atoms with van der Waals surface area (Å²) in [5.41, 5.74) is 2.19. The number of nitrogens with zero attached hydrogens (tertiary/aromatic N) is 3. The summed E-state index contributed by atoms with van der Waals surface area (Å²) in [7, 11) is 0. The third kappa shape index (κ3) is 2.84. The van der Waals surface area contributed by atoms with Crippen LogP contribution in [0.4, 0.5) is 10.5 Å². The maximum absolute atomic E-state index is 11.0. The summed E-state index contributed by atoms with van der Waals surface area (Å²) in [5.74, 6) is 0. The lowest BCUT2D eigenvalue weighted by Gasteiger charge is -2.38. The van der Waals surface area contributed by atoms with Crippen molar-refractivity contribution >= 4 is 22.7 Å². The van der Waals surface area contributed by atoms with E-state index in [1.165, 1.54) is 10.6 Å². The minimum absolute atomic E-state index is 0.398. The molecule has 0 spiro atoms. The minimum Gasteiger partial charge on any atom is -0.465 e. The molecule has 1 fully saturated rings. The highest BCUT2D eigenvalue weighted by Crippen LogP contribution is 2.26. The fraction of sp³-hybridized carbons (Fsp3) is 0.412. The van der Waals surface area contributed by atoms with Gasteiger partial charge in [0.1, 0.15) is 0 Å². The van der Waals surface area contributed by atoms with Crippen LogP contribution >= 0.6 is 0 Å². The Morgan fingerprint density at radius 2 is 2.14 bits per heavy atom. The molecule has 0 radical (unpaired) electrons. The molecule has 0 aliphatic carbocycles. The number of carboxylic acid groups (broad SMARTS) is 1. The van der Waals surface area contributed by atoms with Crippen LogP contribution in [-0.2, 0) is 0 Å². The van der Waals surface area contributed by atoms with Crippen molar-refractivity contribution in [2.24, 2.45) is 0 Å². The third-order valence-corrected chi connectivity index (χ3v) is 4.43. The molecular weight excluding hydrogens is 278 g/mol. The van der Waals surface area contributed by atoms with Gasteiger partial charge in [0.15, 0.2) is 0 Å². The van der Waals surface area contributed by atoms with E-state index in [0.717, 1.165) is 30.3 Å². The molecule has 2 heterocycles. The molecule has 1 amide bonds. The summed E-state index contributed by atoms with van der Waals surface area (Å²) in [6.45, 7) is 4.30. The van der Waals surface area contributed by atoms with Gasteiger partial charge in [0.25, 0.3) is 0 Å². The van der Waals surface area contributed by atoms with Gasteiger partial charge in [0, 0.05) is 42.9 Å². The van der Waals surface area contributed by atoms with Crippen LogP contribution in [-0.4, -0.2) is 46.8 Å². The largest absolute Gasteiger partial charge is 0.465 e. The van der Waals surface area contributed by atoms with Crippen molar-refractivity contribution in [2.75, 3.05) is 24.5 Å². The normalized spacial score (nSPS) is 16.0. The average molecular weight is 299 g/mol. The number of fused-ring (bicyclic) bond motifs is 1. The second-order valence-electron chi connectivity index (χ2n) is 5.67. The second-order valence-corrected chi connectivity index (χ2v) is 5.67. The first-order valence-corrected chi connectivity index (χ1v) is 7.78. The molecule has 1 saturated heterocycles. The molecular formula is C17H21N3O2. The van der Waals surface area contributed by atoms with E-state index in [-0.39, 0.29) is 0 Å². The Balaban J connectivity index is 1.79. The first-order valence-electron chi connectivity index (χ1n) is 7.78. The van der Waals surface area contributed by atoms with E-state index in [1.54, 1.807) is 6.20 Å². The van der Waals surface area contributed by atoms with Gasteiger partial charge in [-0.3, -0.25) is 4.98 Å². The number of rotatable bonds is 3. The number of benzene rings is 1. The Morgan fingerprint density at radius 1 is 1.36 bits per heavy atom. The van der Waals surface area contributed by atoms with E-state index in [9.17, 15) is 4.79 Å². The fourth-order valence-corrected chi connectivity index (χ4v) is 3.26. The van der Waals surface area contributed by atoms with Crippen molar-refractivity contribution in [3.63, 3.8) is 0 Å². The molecule has 1 aliphatic rings. The zero-order chi connectivity index (χ0) is 15.5. The molecule has 116 valence electrons. The first kappa shape index (κ1) is 14.6. The van der Waals surface area contributed by atoms with Gasteiger partial charge in [0.2, 0.25) is 0 Å². The third-order valence-electron chi connectivity index (χ3n) is 4.43. The number of likely N-dealkylation sites (tertiary alicyclic amines) is 1. The summed E-state index contributed by atoms with van der Waals surface area (Å²) in [6, 6.07) is 10.8. The molecule has 0 atom stereocenters. The molecule has 0 bridgehead atoms. The zero-order valence-electron chi connectivity index (χ0n) is 12.8. The Labute approximate surface area is 130 Å². The van der Waals surface area contributed by atoms with Crippen LogP contribution in [0, 0.1) is 0 Å². The number of hydrogen-bond acceptors (Lipinski definition) is 3. The summed E-state index contributed by atoms with van der Waals surface area (Å²) in [5, 5.41) is 10.2. The van der Waals surface area contributed by atoms with Gasteiger partial charge >= 0.3 is 6.09 Å². The average Bonchev–Trinajstić information content (AvgIpc) is 2.56. The van der Waals surface area contributed by atoms with Crippen molar-refractivity contribution in [1.82, 2.24) is 9.88 Å². The molecule has 1 aromatic carbocycles. The molecule has 3 rings (SSSR count). The van der Waals surface area contributed by atoms with Crippen molar-refractivity contribution < 1.29 is 9.90 Å². The van der Waals surface area contributed by atoms with Crippen molar-refractivity contribution in [2.45, 2.75) is 25.8 Å². The van der Waals surface area contributed by atoms with Crippen LogP contribution in [0.2, 0.25) is 0 Å². The van der Waals surface area contributed by atoms with Crippen molar-refractivity contribution in [3.8, 4) is 0 Å². The molecule has 5 nitrogen and oxygen atoms in total. The Hall–Kier alpha value is -2.30. The summed E-state index contributed by atoms with van der Waals surface area (Å²) in [4.78, 5) is 19.3. The van der Waals surface area contributed by atoms with E-state index in [4.69, 9.17) is 5.11 Å². The van der Waals surface area contributed by atoms with Crippen LogP contribution in [0.5, 0.6) is 0 Å². The molecule has 1 aromatic heterocycles. The highest BCUT2D eigenvalue weighted by molar-refractivity contribution is 5.82.